The number of phenolic OH excluding ortho intramolecular Hbond substituents is 2. The second kappa shape index (κ2) is 8.53. The van der Waals surface area contributed by atoms with E-state index in [0.717, 1.165) is 5.39 Å². The minimum atomic E-state index is -0.570. The van der Waals surface area contributed by atoms with E-state index in [4.69, 9.17) is 5.26 Å². The third kappa shape index (κ3) is 3.98. The number of aromatic hydroxyl groups is 2. The van der Waals surface area contributed by atoms with E-state index in [-0.39, 0.29) is 33.5 Å². The molecule has 0 heterocycles. The molecule has 0 atom stereocenters. The fraction of sp³-hybridized carbons (Fsp3) is 0. The molecule has 0 bridgehead atoms. The van der Waals surface area contributed by atoms with Gasteiger partial charge in [-0.25, -0.2) is 5.26 Å². The Hall–Kier alpha value is -3.77. The number of rotatable bonds is 6. The van der Waals surface area contributed by atoms with Gasteiger partial charge in [0.05, 0.1) is 21.9 Å². The highest BCUT2D eigenvalue weighted by atomic mass is 32.2. The second-order valence-corrected chi connectivity index (χ2v) is 7.05. The third-order valence-corrected chi connectivity index (χ3v) is 5.17. The van der Waals surface area contributed by atoms with Gasteiger partial charge in [-0.1, -0.05) is 35.4 Å². The average molecular weight is 439 g/mol. The van der Waals surface area contributed by atoms with E-state index in [0.29, 0.717) is 28.2 Å². The Morgan fingerprint density at radius 3 is 2.35 bits per heavy atom. The Morgan fingerprint density at radius 1 is 0.871 bits per heavy atom. The van der Waals surface area contributed by atoms with Gasteiger partial charge in [-0.15, -0.1) is 14.6 Å². The number of hydrogen-bond acceptors (Lipinski definition) is 10. The Bertz CT molecular complexity index is 1340. The van der Waals surface area contributed by atoms with Gasteiger partial charge >= 0.3 is 0 Å². The monoisotopic (exact) mass is 439 g/mol. The molecule has 4 rings (SSSR count). The zero-order chi connectivity index (χ0) is 22.0. The highest BCUT2D eigenvalue weighted by Crippen LogP contribution is 2.44. The van der Waals surface area contributed by atoms with Crippen molar-refractivity contribution in [1.82, 2.24) is 0 Å². The molecule has 0 radical (unpaired) electrons. The van der Waals surface area contributed by atoms with Crippen molar-refractivity contribution in [1.29, 1.82) is 0 Å². The molecule has 0 fully saturated rings. The van der Waals surface area contributed by atoms with Crippen LogP contribution >= 0.6 is 12.0 Å². The first kappa shape index (κ1) is 20.5. The normalized spacial score (nSPS) is 11.5. The van der Waals surface area contributed by atoms with Crippen molar-refractivity contribution in [3.8, 4) is 11.5 Å². The van der Waals surface area contributed by atoms with Crippen LogP contribution in [-0.4, -0.2) is 20.4 Å². The molecular weight excluding hydrogens is 426 g/mol. The molecule has 0 saturated heterocycles. The summed E-state index contributed by atoms with van der Waals surface area (Å²) in [6.45, 7) is 0. The highest BCUT2D eigenvalue weighted by Gasteiger charge is 2.17. The molecule has 156 valence electrons. The number of benzene rings is 4. The van der Waals surface area contributed by atoms with Gasteiger partial charge < -0.3 is 10.2 Å². The predicted molar refractivity (Wildman–Crippen MR) is 113 cm³/mol. The summed E-state index contributed by atoms with van der Waals surface area (Å²) < 4.78 is 4.42. The Kier molecular flexibility index (Phi) is 5.64. The molecule has 0 unspecified atom stereocenters. The van der Waals surface area contributed by atoms with Crippen LogP contribution in [0.3, 0.4) is 0 Å². The topological polar surface area (TPSA) is 147 Å². The van der Waals surface area contributed by atoms with E-state index in [1.54, 1.807) is 18.2 Å². The van der Waals surface area contributed by atoms with E-state index in [9.17, 15) is 20.3 Å². The first-order chi connectivity index (χ1) is 15.0. The van der Waals surface area contributed by atoms with Crippen molar-refractivity contribution < 1.29 is 29.8 Å². The largest absolute Gasteiger partial charge is 0.506 e. The van der Waals surface area contributed by atoms with Crippen molar-refractivity contribution in [3.63, 3.8) is 0 Å². The smallest absolute Gasteiger partial charge is 0.270 e. The highest BCUT2D eigenvalue weighted by molar-refractivity contribution is 7.94. The molecule has 31 heavy (non-hydrogen) atoms. The van der Waals surface area contributed by atoms with Crippen LogP contribution in [0.5, 0.6) is 11.5 Å². The van der Waals surface area contributed by atoms with E-state index in [1.807, 2.05) is 12.1 Å². The molecule has 4 aromatic rings. The summed E-state index contributed by atoms with van der Waals surface area (Å²) in [6.07, 6.45) is 0. The summed E-state index contributed by atoms with van der Waals surface area (Å²) >= 11 is 0.545. The molecule has 11 heteroatoms. The number of non-ortho nitro benzene ring substituents is 1. The lowest BCUT2D eigenvalue weighted by molar-refractivity contribution is -0.432. The Labute approximate surface area is 178 Å². The minimum absolute atomic E-state index is 0.0338. The van der Waals surface area contributed by atoms with Crippen LogP contribution in [0.4, 0.5) is 17.1 Å². The van der Waals surface area contributed by atoms with Crippen LogP contribution < -0.4 is 0 Å². The molecule has 0 amide bonds. The van der Waals surface area contributed by atoms with Crippen molar-refractivity contribution >= 4 is 50.6 Å². The predicted octanol–water partition coefficient (Wildman–Crippen LogP) is 6.16. The fourth-order valence-electron chi connectivity index (χ4n) is 3.14. The minimum Gasteiger partial charge on any atom is -0.506 e. The van der Waals surface area contributed by atoms with Gasteiger partial charge in [0.2, 0.25) is 0 Å². The van der Waals surface area contributed by atoms with Crippen LogP contribution in [-0.2, 0) is 9.37 Å². The molecule has 0 spiro atoms. The number of azo groups is 1. The van der Waals surface area contributed by atoms with Crippen LogP contribution in [0.15, 0.2) is 75.8 Å². The molecule has 4 aromatic carbocycles. The summed E-state index contributed by atoms with van der Waals surface area (Å²) in [5.41, 5.74) is 0.0501. The first-order valence-corrected chi connectivity index (χ1v) is 9.45. The summed E-state index contributed by atoms with van der Waals surface area (Å²) in [5, 5.41) is 54.3. The summed E-state index contributed by atoms with van der Waals surface area (Å²) in [5.74, 6) is -0.392. The molecule has 0 aromatic heterocycles. The second-order valence-electron chi connectivity index (χ2n) is 6.31. The van der Waals surface area contributed by atoms with E-state index >= 15 is 0 Å². The standard InChI is InChI=1S/C20H13N3O7S/c24-16-8-5-11-3-1-2-4-13(11)19(16)21-22-20-14-7-6-12(23(26)27)9-15(14)18(10-17(20)25)31-30-29-28/h1-10,24-25,28H. The fourth-order valence-corrected chi connectivity index (χ4v) is 3.66. The SMILES string of the molecule is O=[N+]([O-])c1ccc2c(N=Nc3c(O)ccc4ccccc34)c(O)cc(SOOO)c2c1. The van der Waals surface area contributed by atoms with Crippen molar-refractivity contribution in [2.45, 2.75) is 4.90 Å². The lowest BCUT2D eigenvalue weighted by atomic mass is 10.1. The molecular formula is C20H13N3O7S. The maximum Gasteiger partial charge on any atom is 0.270 e. The van der Waals surface area contributed by atoms with Crippen molar-refractivity contribution in [3.05, 3.63) is 70.8 Å². The molecule has 10 nitrogen and oxygen atoms in total. The van der Waals surface area contributed by atoms with Gasteiger partial charge in [0, 0.05) is 28.3 Å². The van der Waals surface area contributed by atoms with Gasteiger partial charge in [0.1, 0.15) is 22.9 Å². The van der Waals surface area contributed by atoms with Crippen LogP contribution in [0.25, 0.3) is 21.5 Å². The number of nitrogens with zero attached hydrogens (tertiary/aromatic N) is 3. The number of nitro groups is 1. The molecule has 0 aliphatic carbocycles. The van der Waals surface area contributed by atoms with Gasteiger partial charge in [-0.2, -0.15) is 0 Å². The summed E-state index contributed by atoms with van der Waals surface area (Å²) in [6, 6.07) is 15.7. The van der Waals surface area contributed by atoms with Crippen LogP contribution in [0.1, 0.15) is 0 Å². The lowest BCUT2D eigenvalue weighted by Crippen LogP contribution is -1.89. The van der Waals surface area contributed by atoms with Crippen molar-refractivity contribution in [2.75, 3.05) is 0 Å². The van der Waals surface area contributed by atoms with Gasteiger partial charge in [-0.05, 0) is 23.6 Å². The van der Waals surface area contributed by atoms with Crippen LogP contribution in [0, 0.1) is 10.1 Å². The Balaban J connectivity index is 1.89. The molecule has 0 aliphatic rings. The third-order valence-electron chi connectivity index (χ3n) is 4.53. The van der Waals surface area contributed by atoms with E-state index < -0.39 is 4.92 Å². The molecule has 3 N–H and O–H groups in total. The van der Waals surface area contributed by atoms with Crippen LogP contribution in [0.2, 0.25) is 0 Å². The number of fused-ring (bicyclic) bond motifs is 2. The average Bonchev–Trinajstić information content (AvgIpc) is 2.77. The maximum atomic E-state index is 11.2. The number of phenols is 2. The van der Waals surface area contributed by atoms with E-state index in [2.05, 4.69) is 19.6 Å². The number of nitro benzene ring substituents is 1. The van der Waals surface area contributed by atoms with Gasteiger partial charge in [0.15, 0.2) is 0 Å². The zero-order valence-electron chi connectivity index (χ0n) is 15.5. The molecule has 0 aliphatic heterocycles. The summed E-state index contributed by atoms with van der Waals surface area (Å²) in [4.78, 5) is 10.8. The first-order valence-electron chi connectivity index (χ1n) is 8.71. The zero-order valence-corrected chi connectivity index (χ0v) is 16.3. The molecule has 0 saturated carbocycles. The van der Waals surface area contributed by atoms with E-state index in [1.165, 1.54) is 30.3 Å². The number of hydrogen-bond donors (Lipinski definition) is 3. The summed E-state index contributed by atoms with van der Waals surface area (Å²) in [7, 11) is 0. The van der Waals surface area contributed by atoms with Crippen molar-refractivity contribution in [2.24, 2.45) is 10.2 Å². The lowest BCUT2D eigenvalue weighted by Gasteiger charge is -2.09. The quantitative estimate of drug-likeness (QED) is 0.106. The maximum absolute atomic E-state index is 11.2. The van der Waals surface area contributed by atoms with Gasteiger partial charge in [0.25, 0.3) is 5.69 Å². The van der Waals surface area contributed by atoms with Gasteiger partial charge in [-0.3, -0.25) is 10.1 Å². The Morgan fingerprint density at radius 2 is 1.61 bits per heavy atom.